The van der Waals surface area contributed by atoms with E-state index in [1.165, 1.54) is 0 Å². The van der Waals surface area contributed by atoms with Gasteiger partial charge in [0.15, 0.2) is 0 Å². The number of rotatable bonds is 7. The van der Waals surface area contributed by atoms with Crippen LogP contribution in [0.5, 0.6) is 0 Å². The van der Waals surface area contributed by atoms with Crippen molar-refractivity contribution in [3.63, 3.8) is 0 Å². The van der Waals surface area contributed by atoms with Gasteiger partial charge >= 0.3 is 6.03 Å². The predicted molar refractivity (Wildman–Crippen MR) is 94.6 cm³/mol. The van der Waals surface area contributed by atoms with Gasteiger partial charge in [-0.1, -0.05) is 50.2 Å². The van der Waals surface area contributed by atoms with Gasteiger partial charge in [-0.15, -0.1) is 0 Å². The Morgan fingerprint density at radius 2 is 1.83 bits per heavy atom. The van der Waals surface area contributed by atoms with Gasteiger partial charge in [-0.25, -0.2) is 4.79 Å². The number of hydrogen-bond donors (Lipinski definition) is 3. The van der Waals surface area contributed by atoms with E-state index >= 15 is 0 Å². The van der Waals surface area contributed by atoms with Gasteiger partial charge in [0, 0.05) is 24.9 Å². The van der Waals surface area contributed by atoms with Crippen LogP contribution in [-0.4, -0.2) is 29.3 Å². The molecule has 1 aromatic heterocycles. The van der Waals surface area contributed by atoms with Gasteiger partial charge in [0.1, 0.15) is 0 Å². The van der Waals surface area contributed by atoms with Crippen LogP contribution >= 0.6 is 0 Å². The second-order valence-corrected chi connectivity index (χ2v) is 6.14. The number of carbonyl (C=O) groups excluding carboxylic acids is 1. The maximum Gasteiger partial charge on any atom is 0.315 e. The number of aliphatic hydroxyl groups excluding tert-OH is 1. The maximum atomic E-state index is 12.2. The van der Waals surface area contributed by atoms with Gasteiger partial charge in [-0.2, -0.15) is 0 Å². The quantitative estimate of drug-likeness (QED) is 0.732. The fourth-order valence-electron chi connectivity index (χ4n) is 2.67. The summed E-state index contributed by atoms with van der Waals surface area (Å²) in [5.41, 5.74) is 1.98. The summed E-state index contributed by atoms with van der Waals surface area (Å²) < 4.78 is 0. The minimum Gasteiger partial charge on any atom is -0.394 e. The van der Waals surface area contributed by atoms with Crippen molar-refractivity contribution in [2.45, 2.75) is 25.8 Å². The van der Waals surface area contributed by atoms with Crippen molar-refractivity contribution in [1.82, 2.24) is 15.6 Å². The van der Waals surface area contributed by atoms with Gasteiger partial charge < -0.3 is 15.7 Å². The number of nitrogens with one attached hydrogen (secondary N) is 2. The molecule has 2 rings (SSSR count). The predicted octanol–water partition coefficient (Wildman–Crippen LogP) is 2.85. The summed E-state index contributed by atoms with van der Waals surface area (Å²) in [7, 11) is 0. The Kier molecular flexibility index (Phi) is 6.75. The third-order valence-corrected chi connectivity index (χ3v) is 4.09. The summed E-state index contributed by atoms with van der Waals surface area (Å²) in [6, 6.07) is 12.7. The Hall–Kier alpha value is -2.40. The molecule has 0 aliphatic heterocycles. The summed E-state index contributed by atoms with van der Waals surface area (Å²) in [5.74, 6) is 0.561. The molecule has 2 unspecified atom stereocenters. The largest absolute Gasteiger partial charge is 0.394 e. The number of amides is 2. The van der Waals surface area contributed by atoms with Crippen LogP contribution < -0.4 is 10.6 Å². The number of nitrogens with zero attached hydrogens (tertiary/aromatic N) is 1. The lowest BCUT2D eigenvalue weighted by Gasteiger charge is -2.23. The molecule has 5 nitrogen and oxygen atoms in total. The van der Waals surface area contributed by atoms with E-state index in [1.807, 2.05) is 48.7 Å². The van der Waals surface area contributed by atoms with Crippen LogP contribution in [0.4, 0.5) is 4.79 Å². The lowest BCUT2D eigenvalue weighted by molar-refractivity contribution is 0.216. The van der Waals surface area contributed by atoms with Crippen molar-refractivity contribution in [3.8, 4) is 0 Å². The van der Waals surface area contributed by atoms with E-state index in [2.05, 4.69) is 29.5 Å². The highest BCUT2D eigenvalue weighted by atomic mass is 16.3. The van der Waals surface area contributed by atoms with Crippen LogP contribution in [0.3, 0.4) is 0 Å². The first kappa shape index (κ1) is 17.9. The standard InChI is InChI=1S/C19H25N3O2/c1-14(2)17(16-9-6-10-20-11-16)12-21-19(24)22-18(13-23)15-7-4-3-5-8-15/h3-11,14,17-18,23H,12-13H2,1-2H3,(H2,21,22,24). The molecule has 0 bridgehead atoms. The second kappa shape index (κ2) is 9.03. The van der Waals surface area contributed by atoms with E-state index in [4.69, 9.17) is 0 Å². The molecule has 3 N–H and O–H groups in total. The number of aliphatic hydroxyl groups is 1. The topological polar surface area (TPSA) is 74.2 Å². The number of carbonyl (C=O) groups is 1. The van der Waals surface area contributed by atoms with E-state index in [0.29, 0.717) is 12.5 Å². The first-order valence-electron chi connectivity index (χ1n) is 8.22. The molecule has 0 aliphatic carbocycles. The summed E-state index contributed by atoms with van der Waals surface area (Å²) in [5, 5.41) is 15.2. The Balaban J connectivity index is 1.93. The lowest BCUT2D eigenvalue weighted by atomic mass is 9.89. The highest BCUT2D eigenvalue weighted by Crippen LogP contribution is 2.22. The van der Waals surface area contributed by atoms with Crippen molar-refractivity contribution in [3.05, 3.63) is 66.0 Å². The number of pyridine rings is 1. The third-order valence-electron chi connectivity index (χ3n) is 4.09. The Bertz CT molecular complexity index is 617. The van der Waals surface area contributed by atoms with Crippen molar-refractivity contribution in [1.29, 1.82) is 0 Å². The highest BCUT2D eigenvalue weighted by molar-refractivity contribution is 5.74. The zero-order valence-corrected chi connectivity index (χ0v) is 14.1. The molecule has 0 fully saturated rings. The molecule has 0 spiro atoms. The minimum absolute atomic E-state index is 0.145. The number of benzene rings is 1. The lowest BCUT2D eigenvalue weighted by Crippen LogP contribution is -2.41. The molecule has 24 heavy (non-hydrogen) atoms. The van der Waals surface area contributed by atoms with Crippen LogP contribution in [0, 0.1) is 5.92 Å². The monoisotopic (exact) mass is 327 g/mol. The fraction of sp³-hybridized carbons (Fsp3) is 0.368. The molecule has 5 heteroatoms. The summed E-state index contributed by atoms with van der Waals surface area (Å²) in [6.45, 7) is 4.62. The first-order chi connectivity index (χ1) is 11.6. The molecule has 0 saturated heterocycles. The number of hydrogen-bond acceptors (Lipinski definition) is 3. The van der Waals surface area contributed by atoms with Gasteiger partial charge in [0.2, 0.25) is 0 Å². The van der Waals surface area contributed by atoms with Crippen LogP contribution in [0.1, 0.15) is 36.9 Å². The number of aromatic nitrogens is 1. The molecular weight excluding hydrogens is 302 g/mol. The molecule has 0 radical (unpaired) electrons. The SMILES string of the molecule is CC(C)C(CNC(=O)NC(CO)c1ccccc1)c1cccnc1. The zero-order chi connectivity index (χ0) is 17.4. The van der Waals surface area contributed by atoms with Crippen molar-refractivity contribution >= 4 is 6.03 Å². The van der Waals surface area contributed by atoms with Gasteiger partial charge in [-0.05, 0) is 23.1 Å². The molecule has 0 aliphatic rings. The van der Waals surface area contributed by atoms with E-state index < -0.39 is 6.04 Å². The van der Waals surface area contributed by atoms with Crippen molar-refractivity contribution in [2.24, 2.45) is 5.92 Å². The Labute approximate surface area is 143 Å². The average molecular weight is 327 g/mol. The summed E-state index contributed by atoms with van der Waals surface area (Å²) in [6.07, 6.45) is 3.58. The summed E-state index contributed by atoms with van der Waals surface area (Å²) in [4.78, 5) is 16.4. The van der Waals surface area contributed by atoms with Gasteiger partial charge in [0.25, 0.3) is 0 Å². The fourth-order valence-corrected chi connectivity index (χ4v) is 2.67. The van der Waals surface area contributed by atoms with E-state index in [9.17, 15) is 9.90 Å². The molecule has 128 valence electrons. The highest BCUT2D eigenvalue weighted by Gasteiger charge is 2.18. The molecule has 2 aromatic rings. The maximum absolute atomic E-state index is 12.2. The molecule has 0 saturated carbocycles. The van der Waals surface area contributed by atoms with Crippen molar-refractivity contribution in [2.75, 3.05) is 13.2 Å². The normalized spacial score (nSPS) is 13.3. The summed E-state index contributed by atoms with van der Waals surface area (Å²) >= 11 is 0. The van der Waals surface area contributed by atoms with Crippen LogP contribution in [0.15, 0.2) is 54.9 Å². The first-order valence-corrected chi connectivity index (χ1v) is 8.22. The van der Waals surface area contributed by atoms with Gasteiger partial charge in [-0.3, -0.25) is 4.98 Å². The van der Waals surface area contributed by atoms with E-state index in [0.717, 1.165) is 11.1 Å². The van der Waals surface area contributed by atoms with Crippen LogP contribution in [-0.2, 0) is 0 Å². The average Bonchev–Trinajstić information content (AvgIpc) is 2.61. The molecule has 1 aromatic carbocycles. The minimum atomic E-state index is -0.415. The van der Waals surface area contributed by atoms with Crippen LogP contribution in [0.2, 0.25) is 0 Å². The Morgan fingerprint density at radius 1 is 1.12 bits per heavy atom. The molecule has 2 amide bonds. The Morgan fingerprint density at radius 3 is 2.42 bits per heavy atom. The molecule has 1 heterocycles. The molecular formula is C19H25N3O2. The van der Waals surface area contributed by atoms with E-state index in [1.54, 1.807) is 6.20 Å². The van der Waals surface area contributed by atoms with Gasteiger partial charge in [0.05, 0.1) is 12.6 Å². The van der Waals surface area contributed by atoms with Crippen LogP contribution in [0.25, 0.3) is 0 Å². The second-order valence-electron chi connectivity index (χ2n) is 6.14. The van der Waals surface area contributed by atoms with E-state index in [-0.39, 0.29) is 18.6 Å². The third kappa shape index (κ3) is 5.06. The molecule has 2 atom stereocenters. The number of urea groups is 1. The smallest absolute Gasteiger partial charge is 0.315 e. The zero-order valence-electron chi connectivity index (χ0n) is 14.1. The van der Waals surface area contributed by atoms with Crippen molar-refractivity contribution < 1.29 is 9.90 Å².